The third kappa shape index (κ3) is 2.02. The molecule has 72 valence electrons. The summed E-state index contributed by atoms with van der Waals surface area (Å²) in [5.41, 5.74) is 3.31. The van der Waals surface area contributed by atoms with Crippen LogP contribution in [0.25, 0.3) is 0 Å². The van der Waals surface area contributed by atoms with Crippen molar-refractivity contribution in [2.75, 3.05) is 5.73 Å². The van der Waals surface area contributed by atoms with Crippen molar-refractivity contribution < 1.29 is 13.2 Å². The Bertz CT molecular complexity index is 341. The molecule has 0 bridgehead atoms. The van der Waals surface area contributed by atoms with Crippen LogP contribution < -0.4 is 5.73 Å². The Kier molecular flexibility index (Phi) is 2.67. The smallest absolute Gasteiger partial charge is 0.396 e. The number of alkyl halides is 3. The minimum atomic E-state index is -4.62. The molecule has 3 nitrogen and oxygen atoms in total. The fourth-order valence-corrected chi connectivity index (χ4v) is 1.02. The Hall–Kier alpha value is -0.560. The van der Waals surface area contributed by atoms with Crippen LogP contribution in [0, 0.1) is 0 Å². The number of nitrogens with two attached hydrogens (primary N) is 1. The molecule has 0 aliphatic heterocycles. The van der Waals surface area contributed by atoms with E-state index in [2.05, 4.69) is 26.1 Å². The Balaban J connectivity index is 3.35. The lowest BCUT2D eigenvalue weighted by molar-refractivity contribution is -0.141. The maximum atomic E-state index is 12.1. The lowest BCUT2D eigenvalue weighted by Gasteiger charge is -2.08. The fraction of sp³-hybridized carbons (Fsp3) is 0.200. The molecule has 1 rings (SSSR count). The molecule has 0 fully saturated rings. The largest absolute Gasteiger partial charge is 0.437 e. The summed E-state index contributed by atoms with van der Waals surface area (Å²) in [7, 11) is 0. The van der Waals surface area contributed by atoms with Gasteiger partial charge in [0.2, 0.25) is 0 Å². The predicted octanol–water partition coefficient (Wildman–Crippen LogP) is 2.49. The fourth-order valence-electron chi connectivity index (χ4n) is 0.616. The molecule has 0 amide bonds. The zero-order chi connectivity index (χ0) is 10.2. The number of aromatic nitrogens is 2. The van der Waals surface area contributed by atoms with Crippen LogP contribution in [0.1, 0.15) is 5.69 Å². The monoisotopic (exact) mass is 275 g/mol. The van der Waals surface area contributed by atoms with Crippen molar-refractivity contribution in [3.63, 3.8) is 0 Å². The van der Waals surface area contributed by atoms with Gasteiger partial charge in [-0.1, -0.05) is 11.6 Å². The van der Waals surface area contributed by atoms with Crippen LogP contribution >= 0.6 is 27.5 Å². The maximum Gasteiger partial charge on any atom is 0.437 e. The molecule has 0 saturated carbocycles. The van der Waals surface area contributed by atoms with Gasteiger partial charge in [-0.15, -0.1) is 10.2 Å². The first-order chi connectivity index (χ1) is 5.84. The molecule has 0 saturated heterocycles. The molecule has 8 heteroatoms. The summed E-state index contributed by atoms with van der Waals surface area (Å²) >= 11 is 8.13. The Morgan fingerprint density at radius 1 is 1.31 bits per heavy atom. The highest BCUT2D eigenvalue weighted by Crippen LogP contribution is 2.36. The van der Waals surface area contributed by atoms with Gasteiger partial charge in [-0.25, -0.2) is 0 Å². The molecule has 2 N–H and O–H groups in total. The molecular weight excluding hydrogens is 274 g/mol. The first kappa shape index (κ1) is 10.5. The molecule has 13 heavy (non-hydrogen) atoms. The summed E-state index contributed by atoms with van der Waals surface area (Å²) in [4.78, 5) is 0. The van der Waals surface area contributed by atoms with Gasteiger partial charge in [0.1, 0.15) is 0 Å². The number of hydrogen-bond donors (Lipinski definition) is 1. The molecule has 0 unspecified atom stereocenters. The van der Waals surface area contributed by atoms with Gasteiger partial charge < -0.3 is 5.73 Å². The van der Waals surface area contributed by atoms with Gasteiger partial charge in [-0.05, 0) is 15.9 Å². The molecule has 0 spiro atoms. The molecule has 1 aromatic heterocycles. The van der Waals surface area contributed by atoms with Gasteiger partial charge >= 0.3 is 6.18 Å². The van der Waals surface area contributed by atoms with Crippen molar-refractivity contribution >= 4 is 33.2 Å². The Morgan fingerprint density at radius 3 is 2.31 bits per heavy atom. The second-order valence-corrected chi connectivity index (χ2v) is 3.22. The SMILES string of the molecule is Nc1c(C(F)(F)F)nnc(Cl)c1Br. The highest BCUT2D eigenvalue weighted by atomic mass is 79.9. The van der Waals surface area contributed by atoms with Crippen LogP contribution in [0.2, 0.25) is 5.15 Å². The zero-order valence-corrected chi connectivity index (χ0v) is 8.20. The van der Waals surface area contributed by atoms with E-state index in [1.54, 1.807) is 0 Å². The second-order valence-electron chi connectivity index (χ2n) is 2.06. The van der Waals surface area contributed by atoms with E-state index in [4.69, 9.17) is 17.3 Å². The van der Waals surface area contributed by atoms with Crippen molar-refractivity contribution in [3.05, 3.63) is 15.3 Å². The number of halogens is 5. The van der Waals surface area contributed by atoms with Crippen molar-refractivity contribution in [1.29, 1.82) is 0 Å². The molecule has 0 aliphatic carbocycles. The summed E-state index contributed by atoms with van der Waals surface area (Å²) in [6.07, 6.45) is -4.62. The van der Waals surface area contributed by atoms with Crippen molar-refractivity contribution in [1.82, 2.24) is 10.2 Å². The summed E-state index contributed by atoms with van der Waals surface area (Å²) in [5.74, 6) is 0. The maximum absolute atomic E-state index is 12.1. The highest BCUT2D eigenvalue weighted by molar-refractivity contribution is 9.10. The van der Waals surface area contributed by atoms with Crippen LogP contribution in [0.4, 0.5) is 18.9 Å². The topological polar surface area (TPSA) is 51.8 Å². The van der Waals surface area contributed by atoms with E-state index < -0.39 is 17.6 Å². The highest BCUT2D eigenvalue weighted by Gasteiger charge is 2.36. The third-order valence-corrected chi connectivity index (χ3v) is 2.47. The van der Waals surface area contributed by atoms with Gasteiger partial charge in [0.05, 0.1) is 10.2 Å². The average Bonchev–Trinajstić information content (AvgIpc) is 1.98. The van der Waals surface area contributed by atoms with E-state index in [-0.39, 0.29) is 9.63 Å². The van der Waals surface area contributed by atoms with Crippen molar-refractivity contribution in [3.8, 4) is 0 Å². The van der Waals surface area contributed by atoms with Gasteiger partial charge in [0.25, 0.3) is 0 Å². The first-order valence-corrected chi connectivity index (χ1v) is 4.05. The molecule has 0 atom stereocenters. The normalized spacial score (nSPS) is 11.8. The summed E-state index contributed by atoms with van der Waals surface area (Å²) in [5, 5.41) is 5.72. The van der Waals surface area contributed by atoms with E-state index >= 15 is 0 Å². The van der Waals surface area contributed by atoms with Crippen molar-refractivity contribution in [2.24, 2.45) is 0 Å². The molecule has 0 aromatic carbocycles. The minimum Gasteiger partial charge on any atom is -0.396 e. The lowest BCUT2D eigenvalue weighted by Crippen LogP contribution is -2.13. The third-order valence-electron chi connectivity index (χ3n) is 1.18. The number of nitrogens with zero attached hydrogens (tertiary/aromatic N) is 2. The van der Waals surface area contributed by atoms with E-state index in [0.717, 1.165) is 0 Å². The van der Waals surface area contributed by atoms with Crippen LogP contribution in [-0.2, 0) is 6.18 Å². The van der Waals surface area contributed by atoms with E-state index in [1.165, 1.54) is 0 Å². The molecule has 1 heterocycles. The van der Waals surface area contributed by atoms with Gasteiger partial charge in [-0.2, -0.15) is 13.2 Å². The molecule has 0 radical (unpaired) electrons. The first-order valence-electron chi connectivity index (χ1n) is 2.88. The van der Waals surface area contributed by atoms with Crippen LogP contribution in [-0.4, -0.2) is 10.2 Å². The average molecular weight is 276 g/mol. The summed E-state index contributed by atoms with van der Waals surface area (Å²) < 4.78 is 36.2. The van der Waals surface area contributed by atoms with E-state index in [0.29, 0.717) is 0 Å². The van der Waals surface area contributed by atoms with E-state index in [9.17, 15) is 13.2 Å². The summed E-state index contributed by atoms with van der Waals surface area (Å²) in [6.45, 7) is 0. The van der Waals surface area contributed by atoms with Crippen molar-refractivity contribution in [2.45, 2.75) is 6.18 Å². The zero-order valence-electron chi connectivity index (χ0n) is 5.86. The van der Waals surface area contributed by atoms with Crippen LogP contribution in [0.15, 0.2) is 4.47 Å². The predicted molar refractivity (Wildman–Crippen MR) is 44.2 cm³/mol. The van der Waals surface area contributed by atoms with Gasteiger partial charge in [-0.3, -0.25) is 0 Å². The number of rotatable bonds is 0. The van der Waals surface area contributed by atoms with Crippen LogP contribution in [0.3, 0.4) is 0 Å². The standard InChI is InChI=1S/C5H2BrClF3N3/c6-1-2(11)3(5(8,9)10)12-13-4(1)7/h(H2,11,13). The molecule has 0 aliphatic rings. The van der Waals surface area contributed by atoms with E-state index in [1.807, 2.05) is 0 Å². The Labute approximate surface area is 84.2 Å². The Morgan fingerprint density at radius 2 is 1.85 bits per heavy atom. The minimum absolute atomic E-state index is 0.100. The molecular formula is C5H2BrClF3N3. The number of hydrogen-bond acceptors (Lipinski definition) is 3. The molecule has 1 aromatic rings. The van der Waals surface area contributed by atoms with Gasteiger partial charge in [0.15, 0.2) is 10.8 Å². The summed E-state index contributed by atoms with van der Waals surface area (Å²) in [6, 6.07) is 0. The quantitative estimate of drug-likeness (QED) is 0.792. The lowest BCUT2D eigenvalue weighted by atomic mass is 10.3. The number of anilines is 1. The number of nitrogen functional groups attached to an aromatic ring is 1. The van der Waals surface area contributed by atoms with Gasteiger partial charge in [0, 0.05) is 0 Å². The van der Waals surface area contributed by atoms with Crippen LogP contribution in [0.5, 0.6) is 0 Å². The second kappa shape index (κ2) is 3.30.